The van der Waals surface area contributed by atoms with Crippen molar-refractivity contribution in [1.82, 2.24) is 19.5 Å². The molecule has 2 heterocycles. The molecule has 0 fully saturated rings. The predicted octanol–water partition coefficient (Wildman–Crippen LogP) is 6.40. The van der Waals surface area contributed by atoms with Crippen molar-refractivity contribution in [2.45, 2.75) is 129 Å². The zero-order valence-corrected chi connectivity index (χ0v) is 20.9. The minimum absolute atomic E-state index is 0.374. The molecule has 3 N–H and O–H groups in total. The van der Waals surface area contributed by atoms with Crippen molar-refractivity contribution in [2.75, 3.05) is 12.3 Å². The lowest BCUT2D eigenvalue weighted by atomic mass is 10.0. The van der Waals surface area contributed by atoms with Gasteiger partial charge >= 0.3 is 0 Å². The molecule has 0 spiro atoms. The second-order valence-corrected chi connectivity index (χ2v) is 9.29. The van der Waals surface area contributed by atoms with Crippen molar-refractivity contribution in [3.05, 3.63) is 12.7 Å². The van der Waals surface area contributed by atoms with Crippen LogP contribution >= 0.6 is 0 Å². The Hall–Kier alpha value is -1.73. The molecule has 7 nitrogen and oxygen atoms in total. The molecule has 188 valence electrons. The average Bonchev–Trinajstić information content (AvgIpc) is 3.24. The summed E-state index contributed by atoms with van der Waals surface area (Å²) in [6.07, 6.45) is 24.5. The number of nitrogens with zero attached hydrogens (tertiary/aromatic N) is 4. The fraction of sp³-hybridized carbons (Fsp3) is 0.808. The van der Waals surface area contributed by atoms with Crippen LogP contribution in [0.4, 0.5) is 5.82 Å². The Bertz CT molecular complexity index is 737. The number of nitrogen functional groups attached to an aromatic ring is 1. The number of imidazole rings is 1. The molecule has 2 aromatic heterocycles. The fourth-order valence-electron chi connectivity index (χ4n) is 4.26. The molecule has 0 bridgehead atoms. The molecule has 7 heteroatoms. The Labute approximate surface area is 200 Å². The summed E-state index contributed by atoms with van der Waals surface area (Å²) in [5.74, 6) is 0.374. The first kappa shape index (κ1) is 27.5. The number of ether oxygens (including phenoxy) is 1. The molecule has 0 radical (unpaired) electrons. The number of hydrogen-bond acceptors (Lipinski definition) is 6. The van der Waals surface area contributed by atoms with E-state index in [1.165, 1.54) is 103 Å². The summed E-state index contributed by atoms with van der Waals surface area (Å²) in [5, 5.41) is 10.1. The third-order valence-corrected chi connectivity index (χ3v) is 6.35. The number of aromatic nitrogens is 4. The molecule has 0 aliphatic carbocycles. The number of fused-ring (bicyclic) bond motifs is 1. The molecule has 0 amide bonds. The topological polar surface area (TPSA) is 99.1 Å². The molecular weight excluding hydrogens is 414 g/mol. The van der Waals surface area contributed by atoms with Gasteiger partial charge in [0, 0.05) is 19.6 Å². The van der Waals surface area contributed by atoms with Crippen molar-refractivity contribution < 1.29 is 9.84 Å². The highest BCUT2D eigenvalue weighted by Gasteiger charge is 2.10. The van der Waals surface area contributed by atoms with Crippen LogP contribution in [0.5, 0.6) is 0 Å². The minimum Gasteiger partial charge on any atom is -0.382 e. The van der Waals surface area contributed by atoms with Gasteiger partial charge < -0.3 is 20.1 Å². The van der Waals surface area contributed by atoms with Crippen molar-refractivity contribution >= 4 is 17.0 Å². The predicted molar refractivity (Wildman–Crippen MR) is 136 cm³/mol. The standard InChI is InChI=1S/C26H47N5O2/c1-2-3-4-5-6-7-8-9-10-11-12-13-14-15-16-17-20-33-23(32)18-19-31-22-30-24-25(27)28-21-29-26(24)31/h21-23,32H,2-20H2,1H3,(H2,27,28,29). The van der Waals surface area contributed by atoms with Crippen LogP contribution in [0.1, 0.15) is 116 Å². The summed E-state index contributed by atoms with van der Waals surface area (Å²) in [4.78, 5) is 12.4. The van der Waals surface area contributed by atoms with Crippen molar-refractivity contribution in [3.63, 3.8) is 0 Å². The van der Waals surface area contributed by atoms with Gasteiger partial charge in [-0.25, -0.2) is 15.0 Å². The van der Waals surface area contributed by atoms with Gasteiger partial charge in [-0.05, 0) is 6.42 Å². The van der Waals surface area contributed by atoms with Crippen LogP contribution in [0.2, 0.25) is 0 Å². The molecule has 0 saturated heterocycles. The molecule has 0 aliphatic heterocycles. The van der Waals surface area contributed by atoms with E-state index in [2.05, 4.69) is 21.9 Å². The first-order chi connectivity index (χ1) is 16.2. The van der Waals surface area contributed by atoms with Gasteiger partial charge in [-0.2, -0.15) is 0 Å². The number of nitrogens with two attached hydrogens (primary N) is 1. The molecular formula is C26H47N5O2. The van der Waals surface area contributed by atoms with E-state index < -0.39 is 6.29 Å². The van der Waals surface area contributed by atoms with E-state index in [0.717, 1.165) is 6.42 Å². The van der Waals surface area contributed by atoms with Crippen LogP contribution in [0, 0.1) is 0 Å². The third kappa shape index (κ3) is 11.8. The quantitative estimate of drug-likeness (QED) is 0.165. The van der Waals surface area contributed by atoms with Crippen LogP contribution in [-0.4, -0.2) is 37.5 Å². The smallest absolute Gasteiger partial charge is 0.165 e. The first-order valence-electron chi connectivity index (χ1n) is 13.4. The summed E-state index contributed by atoms with van der Waals surface area (Å²) in [6.45, 7) is 3.47. The summed E-state index contributed by atoms with van der Waals surface area (Å²) in [6, 6.07) is 0. The van der Waals surface area contributed by atoms with E-state index >= 15 is 0 Å². The van der Waals surface area contributed by atoms with Gasteiger partial charge in [0.2, 0.25) is 0 Å². The second kappa shape index (κ2) is 17.7. The molecule has 2 rings (SSSR count). The largest absolute Gasteiger partial charge is 0.382 e. The number of aryl methyl sites for hydroxylation is 1. The zero-order chi connectivity index (χ0) is 23.6. The monoisotopic (exact) mass is 461 g/mol. The van der Waals surface area contributed by atoms with Gasteiger partial charge in [-0.15, -0.1) is 0 Å². The summed E-state index contributed by atoms with van der Waals surface area (Å²) >= 11 is 0. The lowest BCUT2D eigenvalue weighted by Crippen LogP contribution is -2.15. The Morgan fingerprint density at radius 3 is 1.94 bits per heavy atom. The van der Waals surface area contributed by atoms with Gasteiger partial charge in [0.05, 0.1) is 6.33 Å². The van der Waals surface area contributed by atoms with Crippen LogP contribution < -0.4 is 5.73 Å². The maximum atomic E-state index is 10.1. The van der Waals surface area contributed by atoms with Crippen molar-refractivity contribution in [2.24, 2.45) is 0 Å². The molecule has 1 unspecified atom stereocenters. The maximum Gasteiger partial charge on any atom is 0.165 e. The highest BCUT2D eigenvalue weighted by Crippen LogP contribution is 2.16. The number of anilines is 1. The highest BCUT2D eigenvalue weighted by molar-refractivity contribution is 5.80. The summed E-state index contributed by atoms with van der Waals surface area (Å²) in [5.41, 5.74) is 7.09. The van der Waals surface area contributed by atoms with E-state index in [9.17, 15) is 5.11 Å². The fourth-order valence-corrected chi connectivity index (χ4v) is 4.26. The van der Waals surface area contributed by atoms with E-state index in [4.69, 9.17) is 10.5 Å². The van der Waals surface area contributed by atoms with Crippen LogP contribution in [-0.2, 0) is 11.3 Å². The van der Waals surface area contributed by atoms with E-state index in [-0.39, 0.29) is 0 Å². The number of rotatable bonds is 21. The normalized spacial score (nSPS) is 12.5. The Balaban J connectivity index is 1.34. The Morgan fingerprint density at radius 2 is 1.36 bits per heavy atom. The second-order valence-electron chi connectivity index (χ2n) is 9.29. The van der Waals surface area contributed by atoms with E-state index in [1.54, 1.807) is 6.33 Å². The number of hydrogen-bond donors (Lipinski definition) is 2. The molecule has 0 aromatic carbocycles. The van der Waals surface area contributed by atoms with Gasteiger partial charge in [0.15, 0.2) is 17.8 Å². The number of aliphatic hydroxyl groups is 1. The van der Waals surface area contributed by atoms with E-state index in [1.807, 2.05) is 4.57 Å². The highest BCUT2D eigenvalue weighted by atomic mass is 16.6. The molecule has 0 saturated carbocycles. The summed E-state index contributed by atoms with van der Waals surface area (Å²) in [7, 11) is 0. The van der Waals surface area contributed by atoms with Crippen molar-refractivity contribution in [3.8, 4) is 0 Å². The van der Waals surface area contributed by atoms with E-state index in [0.29, 0.717) is 36.6 Å². The van der Waals surface area contributed by atoms with Gasteiger partial charge in [-0.3, -0.25) is 0 Å². The van der Waals surface area contributed by atoms with Gasteiger partial charge in [-0.1, -0.05) is 103 Å². The molecule has 0 aliphatic rings. The van der Waals surface area contributed by atoms with Crippen LogP contribution in [0.25, 0.3) is 11.2 Å². The van der Waals surface area contributed by atoms with Crippen LogP contribution in [0.15, 0.2) is 12.7 Å². The molecule has 2 aromatic rings. The van der Waals surface area contributed by atoms with Crippen LogP contribution in [0.3, 0.4) is 0 Å². The summed E-state index contributed by atoms with van der Waals surface area (Å²) < 4.78 is 7.43. The molecule has 1 atom stereocenters. The lowest BCUT2D eigenvalue weighted by Gasteiger charge is -2.12. The zero-order valence-electron chi connectivity index (χ0n) is 20.9. The van der Waals surface area contributed by atoms with Gasteiger partial charge in [0.1, 0.15) is 11.8 Å². The number of unbranched alkanes of at least 4 members (excludes halogenated alkanes) is 15. The first-order valence-corrected chi connectivity index (χ1v) is 13.4. The Morgan fingerprint density at radius 1 is 0.818 bits per heavy atom. The minimum atomic E-state index is -0.766. The third-order valence-electron chi connectivity index (χ3n) is 6.35. The lowest BCUT2D eigenvalue weighted by molar-refractivity contribution is -0.105. The SMILES string of the molecule is CCCCCCCCCCCCCCCCCCOC(O)CCn1cnc2c(N)ncnc21. The van der Waals surface area contributed by atoms with Gasteiger partial charge in [0.25, 0.3) is 0 Å². The molecule has 33 heavy (non-hydrogen) atoms. The van der Waals surface area contributed by atoms with Crippen molar-refractivity contribution in [1.29, 1.82) is 0 Å². The maximum absolute atomic E-state index is 10.1. The number of aliphatic hydroxyl groups excluding tert-OH is 1. The Kier molecular flexibility index (Phi) is 14.8. The average molecular weight is 462 g/mol.